The number of para-hydroxylation sites is 1. The second kappa shape index (κ2) is 6.26. The molecule has 2 aromatic carbocycles. The van der Waals surface area contributed by atoms with Crippen LogP contribution in [0.15, 0.2) is 60.9 Å². The van der Waals surface area contributed by atoms with Gasteiger partial charge in [0.1, 0.15) is 6.33 Å². The first kappa shape index (κ1) is 12.8. The fraction of sp³-hybridized carbons (Fsp3) is 0.176. The van der Waals surface area contributed by atoms with E-state index in [4.69, 9.17) is 4.74 Å². The van der Waals surface area contributed by atoms with Crippen molar-refractivity contribution in [3.8, 4) is 0 Å². The molecule has 0 spiro atoms. The molecule has 1 heterocycles. The molecule has 3 nitrogen and oxygen atoms in total. The lowest BCUT2D eigenvalue weighted by molar-refractivity contribution is 0.123. The van der Waals surface area contributed by atoms with E-state index in [0.717, 1.165) is 23.0 Å². The molecule has 3 heteroatoms. The lowest BCUT2D eigenvalue weighted by Gasteiger charge is -2.06. The predicted octanol–water partition coefficient (Wildman–Crippen LogP) is 3.39. The summed E-state index contributed by atoms with van der Waals surface area (Å²) in [5, 5.41) is 1.11. The fourth-order valence-corrected chi connectivity index (χ4v) is 2.19. The van der Waals surface area contributed by atoms with Crippen molar-refractivity contribution in [3.05, 3.63) is 72.2 Å². The highest BCUT2D eigenvalue weighted by Gasteiger charge is 2.02. The Kier molecular flexibility index (Phi) is 3.99. The van der Waals surface area contributed by atoms with Gasteiger partial charge in [-0.15, -0.1) is 0 Å². The van der Waals surface area contributed by atoms with Gasteiger partial charge in [0, 0.05) is 11.8 Å². The molecule has 20 heavy (non-hydrogen) atoms. The molecule has 3 rings (SSSR count). The molecule has 3 aromatic rings. The van der Waals surface area contributed by atoms with Gasteiger partial charge in [0.2, 0.25) is 0 Å². The third-order valence-electron chi connectivity index (χ3n) is 3.22. The van der Waals surface area contributed by atoms with Crippen LogP contribution in [0.2, 0.25) is 0 Å². The van der Waals surface area contributed by atoms with Crippen LogP contribution in [0.5, 0.6) is 0 Å². The quantitative estimate of drug-likeness (QED) is 0.663. The van der Waals surface area contributed by atoms with Crippen LogP contribution in [-0.4, -0.2) is 16.6 Å². The number of benzene rings is 2. The Morgan fingerprint density at radius 1 is 0.850 bits per heavy atom. The number of rotatable bonds is 5. The van der Waals surface area contributed by atoms with Gasteiger partial charge in [-0.25, -0.2) is 9.97 Å². The Hall–Kier alpha value is -2.26. The van der Waals surface area contributed by atoms with E-state index >= 15 is 0 Å². The summed E-state index contributed by atoms with van der Waals surface area (Å²) < 4.78 is 5.71. The molecule has 0 aliphatic rings. The van der Waals surface area contributed by atoms with Crippen molar-refractivity contribution in [2.75, 3.05) is 6.61 Å². The van der Waals surface area contributed by atoms with Crippen LogP contribution in [0.25, 0.3) is 10.9 Å². The third-order valence-corrected chi connectivity index (χ3v) is 3.22. The minimum Gasteiger partial charge on any atom is -0.376 e. The van der Waals surface area contributed by atoms with Crippen LogP contribution >= 0.6 is 0 Å². The molecule has 0 bridgehead atoms. The van der Waals surface area contributed by atoms with Gasteiger partial charge in [-0.1, -0.05) is 48.5 Å². The van der Waals surface area contributed by atoms with Gasteiger partial charge in [-0.05, 0) is 11.6 Å². The topological polar surface area (TPSA) is 35.0 Å². The normalized spacial score (nSPS) is 10.8. The van der Waals surface area contributed by atoms with Crippen molar-refractivity contribution in [2.45, 2.75) is 13.0 Å². The smallest absolute Gasteiger partial charge is 0.116 e. The average molecular weight is 264 g/mol. The zero-order chi connectivity index (χ0) is 13.6. The van der Waals surface area contributed by atoms with E-state index in [-0.39, 0.29) is 0 Å². The maximum absolute atomic E-state index is 5.71. The van der Waals surface area contributed by atoms with Crippen molar-refractivity contribution in [1.82, 2.24) is 9.97 Å². The molecule has 0 N–H and O–H groups in total. The van der Waals surface area contributed by atoms with Crippen molar-refractivity contribution in [1.29, 1.82) is 0 Å². The predicted molar refractivity (Wildman–Crippen MR) is 79.3 cm³/mol. The van der Waals surface area contributed by atoms with E-state index in [1.807, 2.05) is 36.4 Å². The zero-order valence-electron chi connectivity index (χ0n) is 11.2. The summed E-state index contributed by atoms with van der Waals surface area (Å²) in [5.74, 6) is 0. The van der Waals surface area contributed by atoms with Crippen molar-refractivity contribution in [2.24, 2.45) is 0 Å². The lowest BCUT2D eigenvalue weighted by atomic mass is 10.1. The van der Waals surface area contributed by atoms with Crippen LogP contribution in [0, 0.1) is 0 Å². The lowest BCUT2D eigenvalue weighted by Crippen LogP contribution is -2.02. The molecule has 100 valence electrons. The van der Waals surface area contributed by atoms with Gasteiger partial charge < -0.3 is 4.74 Å². The number of nitrogens with zero attached hydrogens (tertiary/aromatic N) is 2. The highest BCUT2D eigenvalue weighted by atomic mass is 16.5. The van der Waals surface area contributed by atoms with Gasteiger partial charge in [-0.3, -0.25) is 0 Å². The SMILES string of the molecule is c1ccc(COCCc2ncnc3ccccc23)cc1. The van der Waals surface area contributed by atoms with E-state index in [9.17, 15) is 0 Å². The molecule has 0 unspecified atom stereocenters. The molecule has 0 saturated heterocycles. The summed E-state index contributed by atoms with van der Waals surface area (Å²) in [4.78, 5) is 8.63. The third kappa shape index (κ3) is 3.00. The standard InChI is InChI=1S/C17H16N2O/c1-2-6-14(7-3-1)12-20-11-10-17-15-8-4-5-9-16(15)18-13-19-17/h1-9,13H,10-12H2. The Morgan fingerprint density at radius 3 is 2.55 bits per heavy atom. The maximum Gasteiger partial charge on any atom is 0.116 e. The highest BCUT2D eigenvalue weighted by Crippen LogP contribution is 2.14. The number of hydrogen-bond acceptors (Lipinski definition) is 3. The largest absolute Gasteiger partial charge is 0.376 e. The summed E-state index contributed by atoms with van der Waals surface area (Å²) in [7, 11) is 0. The second-order valence-electron chi connectivity index (χ2n) is 4.63. The Morgan fingerprint density at radius 2 is 1.65 bits per heavy atom. The maximum atomic E-state index is 5.71. The van der Waals surface area contributed by atoms with Crippen molar-refractivity contribution >= 4 is 10.9 Å². The number of ether oxygens (including phenoxy) is 1. The number of fused-ring (bicyclic) bond motifs is 1. The van der Waals surface area contributed by atoms with Crippen LogP contribution < -0.4 is 0 Å². The van der Waals surface area contributed by atoms with E-state index in [1.54, 1.807) is 6.33 Å². The molecular formula is C17H16N2O. The Bertz CT molecular complexity index is 677. The van der Waals surface area contributed by atoms with Gasteiger partial charge in [0.05, 0.1) is 24.4 Å². The monoisotopic (exact) mass is 264 g/mol. The van der Waals surface area contributed by atoms with Gasteiger partial charge in [-0.2, -0.15) is 0 Å². The van der Waals surface area contributed by atoms with Crippen LogP contribution in [0.4, 0.5) is 0 Å². The van der Waals surface area contributed by atoms with E-state index in [0.29, 0.717) is 13.2 Å². The average Bonchev–Trinajstić information content (AvgIpc) is 2.53. The van der Waals surface area contributed by atoms with E-state index in [1.165, 1.54) is 5.56 Å². The summed E-state index contributed by atoms with van der Waals surface area (Å²) in [6.07, 6.45) is 2.42. The first-order valence-corrected chi connectivity index (χ1v) is 6.74. The van der Waals surface area contributed by atoms with E-state index in [2.05, 4.69) is 28.2 Å². The van der Waals surface area contributed by atoms with Crippen LogP contribution in [0.3, 0.4) is 0 Å². The van der Waals surface area contributed by atoms with Crippen LogP contribution in [-0.2, 0) is 17.8 Å². The number of hydrogen-bond donors (Lipinski definition) is 0. The van der Waals surface area contributed by atoms with Crippen molar-refractivity contribution in [3.63, 3.8) is 0 Å². The Balaban J connectivity index is 1.60. The van der Waals surface area contributed by atoms with Gasteiger partial charge in [0.25, 0.3) is 0 Å². The number of aromatic nitrogens is 2. The molecule has 0 amide bonds. The molecule has 1 aromatic heterocycles. The van der Waals surface area contributed by atoms with Gasteiger partial charge >= 0.3 is 0 Å². The summed E-state index contributed by atoms with van der Waals surface area (Å²) in [6.45, 7) is 1.31. The first-order valence-electron chi connectivity index (χ1n) is 6.74. The zero-order valence-corrected chi connectivity index (χ0v) is 11.2. The second-order valence-corrected chi connectivity index (χ2v) is 4.63. The molecule has 0 fully saturated rings. The summed E-state index contributed by atoms with van der Waals surface area (Å²) >= 11 is 0. The molecule has 0 aliphatic carbocycles. The molecule has 0 atom stereocenters. The Labute approximate surface area is 118 Å². The minimum absolute atomic E-state index is 0.643. The molecule has 0 saturated carbocycles. The van der Waals surface area contributed by atoms with Crippen LogP contribution in [0.1, 0.15) is 11.3 Å². The molecule has 0 radical (unpaired) electrons. The highest BCUT2D eigenvalue weighted by molar-refractivity contribution is 5.80. The molecular weight excluding hydrogens is 248 g/mol. The fourth-order valence-electron chi connectivity index (χ4n) is 2.19. The van der Waals surface area contributed by atoms with Crippen molar-refractivity contribution < 1.29 is 4.74 Å². The summed E-state index contributed by atoms with van der Waals surface area (Å²) in [5.41, 5.74) is 3.23. The van der Waals surface area contributed by atoms with E-state index < -0.39 is 0 Å². The summed E-state index contributed by atoms with van der Waals surface area (Å²) in [6, 6.07) is 18.3. The molecule has 0 aliphatic heterocycles. The first-order chi connectivity index (χ1) is 9.93. The minimum atomic E-state index is 0.643. The van der Waals surface area contributed by atoms with Gasteiger partial charge in [0.15, 0.2) is 0 Å².